The molecule has 1 spiro atoms. The van der Waals surface area contributed by atoms with Crippen molar-refractivity contribution in [3.63, 3.8) is 0 Å². The van der Waals surface area contributed by atoms with E-state index in [1.165, 1.54) is 0 Å². The van der Waals surface area contributed by atoms with Gasteiger partial charge in [-0.1, -0.05) is 67.6 Å². The van der Waals surface area contributed by atoms with E-state index < -0.39 is 52.8 Å². The lowest BCUT2D eigenvalue weighted by molar-refractivity contribution is -0.416. The molecule has 9 nitrogen and oxygen atoms in total. The van der Waals surface area contributed by atoms with Gasteiger partial charge in [-0.25, -0.2) is 4.79 Å². The third-order valence-corrected chi connectivity index (χ3v) is 9.26. The number of ether oxygens (including phenoxy) is 7. The smallest absolute Gasteiger partial charge is 0.339 e. The molecule has 1 aliphatic carbocycles. The number of hydrogen-bond donors (Lipinski definition) is 0. The Kier molecular flexibility index (Phi) is 5.71. The van der Waals surface area contributed by atoms with Crippen LogP contribution < -0.4 is 0 Å². The van der Waals surface area contributed by atoms with E-state index in [2.05, 4.69) is 0 Å². The van der Waals surface area contributed by atoms with Crippen molar-refractivity contribution in [2.45, 2.75) is 75.4 Å². The van der Waals surface area contributed by atoms with Gasteiger partial charge in [0.15, 0.2) is 23.4 Å². The Morgan fingerprint density at radius 3 is 2.31 bits per heavy atom. The average molecular weight is 537 g/mol. The van der Waals surface area contributed by atoms with Crippen LogP contribution in [-0.2, 0) is 56.0 Å². The Morgan fingerprint density at radius 2 is 1.59 bits per heavy atom. The summed E-state index contributed by atoms with van der Waals surface area (Å²) in [5.41, 5.74) is -1.41. The maximum Gasteiger partial charge on any atom is 0.339 e. The molecule has 8 rings (SSSR count). The molecular weight excluding hydrogens is 504 g/mol. The van der Waals surface area contributed by atoms with E-state index >= 15 is 0 Å². The molecule has 6 bridgehead atoms. The van der Waals surface area contributed by atoms with Gasteiger partial charge >= 0.3 is 11.9 Å². The number of hydrogen-bond acceptors (Lipinski definition) is 9. The molecule has 206 valence electrons. The average Bonchev–Trinajstić information content (AvgIpc) is 2.98. The quantitative estimate of drug-likeness (QED) is 0.372. The zero-order valence-electron chi connectivity index (χ0n) is 22.0. The fraction of sp³-hybridized carbons (Fsp3) is 0.533. The van der Waals surface area contributed by atoms with Gasteiger partial charge in [0, 0.05) is 5.41 Å². The highest BCUT2D eigenvalue weighted by molar-refractivity contribution is 5.82. The summed E-state index contributed by atoms with van der Waals surface area (Å²) in [5, 5.41) is 0. The SMILES string of the molecule is CC12CC34OC5(CCOCc6ccccc6)OCC1C(=O)OC(C2O5)C3(C)OC(=O)C4OCc1ccccc1. The van der Waals surface area contributed by atoms with Crippen LogP contribution in [0.5, 0.6) is 0 Å². The van der Waals surface area contributed by atoms with Crippen molar-refractivity contribution in [1.82, 2.24) is 0 Å². The zero-order chi connectivity index (χ0) is 26.9. The fourth-order valence-electron chi connectivity index (χ4n) is 7.15. The molecule has 5 saturated heterocycles. The molecule has 1 saturated carbocycles. The second kappa shape index (κ2) is 8.84. The van der Waals surface area contributed by atoms with Crippen LogP contribution in [0.4, 0.5) is 0 Å². The third kappa shape index (κ3) is 3.64. The molecule has 6 aliphatic rings. The molecule has 8 unspecified atom stereocenters. The lowest BCUT2D eigenvalue weighted by atomic mass is 9.53. The van der Waals surface area contributed by atoms with Gasteiger partial charge in [-0.15, -0.1) is 0 Å². The Morgan fingerprint density at radius 1 is 0.897 bits per heavy atom. The molecule has 0 N–H and O–H groups in total. The van der Waals surface area contributed by atoms with Crippen LogP contribution in [0.25, 0.3) is 0 Å². The Labute approximate surface area is 226 Å². The van der Waals surface area contributed by atoms with Crippen molar-refractivity contribution in [2.24, 2.45) is 11.3 Å². The molecule has 8 atom stereocenters. The van der Waals surface area contributed by atoms with Gasteiger partial charge in [0.1, 0.15) is 6.10 Å². The van der Waals surface area contributed by atoms with Gasteiger partial charge in [-0.3, -0.25) is 4.79 Å². The van der Waals surface area contributed by atoms with E-state index in [1.807, 2.05) is 67.6 Å². The Bertz CT molecular complexity index is 1270. The number of carbonyl (C=O) groups excluding carboxylic acids is 2. The van der Waals surface area contributed by atoms with Gasteiger partial charge in [0.05, 0.1) is 38.8 Å². The summed E-state index contributed by atoms with van der Waals surface area (Å²) in [6, 6.07) is 19.5. The molecule has 0 radical (unpaired) electrons. The first-order valence-electron chi connectivity index (χ1n) is 13.5. The van der Waals surface area contributed by atoms with Crippen molar-refractivity contribution >= 4 is 11.9 Å². The van der Waals surface area contributed by atoms with Gasteiger partial charge in [0.2, 0.25) is 0 Å². The minimum Gasteiger partial charge on any atom is -0.455 e. The summed E-state index contributed by atoms with van der Waals surface area (Å²) < 4.78 is 44.1. The normalized spacial score (nSPS) is 41.6. The van der Waals surface area contributed by atoms with Crippen LogP contribution in [0.1, 0.15) is 37.8 Å². The van der Waals surface area contributed by atoms with E-state index in [9.17, 15) is 9.59 Å². The number of carbonyl (C=O) groups is 2. The van der Waals surface area contributed by atoms with Crippen LogP contribution in [0.3, 0.4) is 0 Å². The number of benzene rings is 2. The maximum absolute atomic E-state index is 13.5. The minimum atomic E-state index is -1.57. The van der Waals surface area contributed by atoms with E-state index in [-0.39, 0.29) is 32.2 Å². The number of esters is 2. The molecule has 9 heteroatoms. The van der Waals surface area contributed by atoms with Crippen molar-refractivity contribution < 1.29 is 42.7 Å². The monoisotopic (exact) mass is 536 g/mol. The predicted molar refractivity (Wildman–Crippen MR) is 134 cm³/mol. The zero-order valence-corrected chi connectivity index (χ0v) is 22.0. The van der Waals surface area contributed by atoms with Gasteiger partial charge in [-0.05, 0) is 24.5 Å². The molecule has 2 aromatic rings. The fourth-order valence-corrected chi connectivity index (χ4v) is 7.15. The van der Waals surface area contributed by atoms with Crippen molar-refractivity contribution in [3.8, 4) is 0 Å². The van der Waals surface area contributed by atoms with E-state index in [4.69, 9.17) is 33.2 Å². The molecule has 0 amide bonds. The van der Waals surface area contributed by atoms with Crippen LogP contribution in [0.15, 0.2) is 60.7 Å². The van der Waals surface area contributed by atoms with Crippen LogP contribution in [-0.4, -0.2) is 60.6 Å². The van der Waals surface area contributed by atoms with E-state index in [0.717, 1.165) is 11.1 Å². The van der Waals surface area contributed by atoms with Gasteiger partial charge < -0.3 is 33.2 Å². The summed E-state index contributed by atoms with van der Waals surface area (Å²) in [6.07, 6.45) is -2.01. The van der Waals surface area contributed by atoms with Crippen LogP contribution in [0.2, 0.25) is 0 Å². The summed E-state index contributed by atoms with van der Waals surface area (Å²) in [7, 11) is 0. The van der Waals surface area contributed by atoms with Crippen LogP contribution >= 0.6 is 0 Å². The largest absolute Gasteiger partial charge is 0.455 e. The second-order valence-corrected chi connectivity index (χ2v) is 11.6. The number of rotatable bonds is 8. The summed E-state index contributed by atoms with van der Waals surface area (Å²) in [6.45, 7) is 4.69. The molecule has 5 aliphatic heterocycles. The highest BCUT2D eigenvalue weighted by Crippen LogP contribution is 2.67. The third-order valence-electron chi connectivity index (χ3n) is 9.26. The van der Waals surface area contributed by atoms with Gasteiger partial charge in [-0.2, -0.15) is 0 Å². The molecule has 39 heavy (non-hydrogen) atoms. The first-order chi connectivity index (χ1) is 18.8. The predicted octanol–water partition coefficient (Wildman–Crippen LogP) is 3.28. The lowest BCUT2D eigenvalue weighted by Crippen LogP contribution is -2.76. The highest BCUT2D eigenvalue weighted by atomic mass is 16.9. The summed E-state index contributed by atoms with van der Waals surface area (Å²) >= 11 is 0. The Balaban J connectivity index is 1.24. The van der Waals surface area contributed by atoms with Gasteiger partial charge in [0.25, 0.3) is 5.97 Å². The molecular formula is C30H32O9. The standard InChI is InChI=1S/C30H32O9/c1-27-18-29-24(34-16-20-11-7-4-8-12-20)26(32)38-28(29,2)23-22(27)37-30(39-29,35-17-21(27)25(31)36-23)13-14-33-15-19-9-5-3-6-10-19/h3-12,21-24H,13-18H2,1-2H3. The van der Waals surface area contributed by atoms with Crippen molar-refractivity contribution in [1.29, 1.82) is 0 Å². The molecule has 2 aromatic carbocycles. The lowest BCUT2D eigenvalue weighted by Gasteiger charge is -2.59. The van der Waals surface area contributed by atoms with Crippen molar-refractivity contribution in [2.75, 3.05) is 13.2 Å². The summed E-state index contributed by atoms with van der Waals surface area (Å²) in [4.78, 5) is 26.7. The van der Waals surface area contributed by atoms with Crippen LogP contribution in [0, 0.1) is 11.3 Å². The summed E-state index contributed by atoms with van der Waals surface area (Å²) in [5.74, 6) is -3.07. The first-order valence-corrected chi connectivity index (χ1v) is 13.5. The first kappa shape index (κ1) is 25.2. The Hall–Kier alpha value is -2.82. The molecule has 5 heterocycles. The maximum atomic E-state index is 13.5. The molecule has 0 aromatic heterocycles. The van der Waals surface area contributed by atoms with E-state index in [1.54, 1.807) is 6.92 Å². The molecule has 6 fully saturated rings. The topological polar surface area (TPSA) is 98.8 Å². The highest BCUT2D eigenvalue weighted by Gasteiger charge is 2.84. The second-order valence-electron chi connectivity index (χ2n) is 11.6. The van der Waals surface area contributed by atoms with Crippen molar-refractivity contribution in [3.05, 3.63) is 71.8 Å². The van der Waals surface area contributed by atoms with E-state index in [0.29, 0.717) is 13.0 Å². The minimum absolute atomic E-state index is 0.0778.